The van der Waals surface area contributed by atoms with Gasteiger partial charge in [-0.15, -0.1) is 0 Å². The number of carbonyl (C=O) groups is 2. The van der Waals surface area contributed by atoms with Gasteiger partial charge in [-0.25, -0.2) is 0 Å². The zero-order valence-corrected chi connectivity index (χ0v) is 14.5. The lowest BCUT2D eigenvalue weighted by molar-refractivity contribution is -0.150. The molecule has 0 amide bonds. The lowest BCUT2D eigenvalue weighted by Gasteiger charge is -2.59. The van der Waals surface area contributed by atoms with Crippen molar-refractivity contribution in [2.24, 2.45) is 35.0 Å². The molecule has 0 heterocycles. The third-order valence-corrected chi connectivity index (χ3v) is 7.57. The third-order valence-electron chi connectivity index (χ3n) is 7.57. The van der Waals surface area contributed by atoms with E-state index in [-0.39, 0.29) is 36.2 Å². The Morgan fingerprint density at radius 1 is 1.00 bits per heavy atom. The van der Waals surface area contributed by atoms with E-state index in [4.69, 9.17) is 0 Å². The quantitative estimate of drug-likeness (QED) is 0.732. The monoisotopic (exact) mass is 338 g/mol. The van der Waals surface area contributed by atoms with Gasteiger partial charge in [0, 0.05) is 12.8 Å². The molecule has 0 spiro atoms. The molecule has 5 heteroatoms. The molecule has 0 unspecified atom stereocenters. The largest absolute Gasteiger partial charge is 0.481 e. The molecule has 7 atom stereocenters. The molecule has 3 fully saturated rings. The summed E-state index contributed by atoms with van der Waals surface area (Å²) in [4.78, 5) is 22.6. The topological polar surface area (TPSA) is 94.8 Å². The Balaban J connectivity index is 1.83. The van der Waals surface area contributed by atoms with Gasteiger partial charge in [-0.05, 0) is 80.0 Å². The molecule has 0 radical (unpaired) electrons. The Kier molecular flexibility index (Phi) is 4.92. The van der Waals surface area contributed by atoms with Crippen molar-refractivity contribution in [3.63, 3.8) is 0 Å². The fourth-order valence-electron chi connectivity index (χ4n) is 6.43. The van der Waals surface area contributed by atoms with Gasteiger partial charge in [0.2, 0.25) is 0 Å². The lowest BCUT2D eigenvalue weighted by Crippen LogP contribution is -2.52. The molecule has 3 rings (SSSR count). The molecule has 3 aliphatic carbocycles. The zero-order chi connectivity index (χ0) is 17.5. The summed E-state index contributed by atoms with van der Waals surface area (Å²) in [5.74, 6) is -0.286. The van der Waals surface area contributed by atoms with Crippen molar-refractivity contribution in [2.45, 2.75) is 70.8 Å². The van der Waals surface area contributed by atoms with Gasteiger partial charge in [0.1, 0.15) is 0 Å². The van der Waals surface area contributed by atoms with Gasteiger partial charge in [-0.3, -0.25) is 9.59 Å². The standard InChI is InChI=1S/C19H30O5/c1-19-7-6-13(20)9-12(19)3-4-14-15(10-18(23)24)11(8-17(21)22)2-5-16(14)19/h11-16,20H,2-10H2,1H3,(H,21,22)(H,23,24)/t11-,12+,13-,14+,15-,16+,19+/m0/s1. The lowest BCUT2D eigenvalue weighted by atomic mass is 9.46. The number of hydrogen-bond donors (Lipinski definition) is 3. The third kappa shape index (κ3) is 3.19. The van der Waals surface area contributed by atoms with Crippen LogP contribution in [0.15, 0.2) is 0 Å². The van der Waals surface area contributed by atoms with Crippen LogP contribution in [0.5, 0.6) is 0 Å². The smallest absolute Gasteiger partial charge is 0.303 e. The summed E-state index contributed by atoms with van der Waals surface area (Å²) in [6.07, 6.45) is 6.64. The molecule has 3 saturated carbocycles. The highest BCUT2D eigenvalue weighted by Gasteiger charge is 2.54. The molecule has 0 aromatic rings. The average molecular weight is 338 g/mol. The maximum atomic E-state index is 11.4. The number of carboxylic acid groups (broad SMARTS) is 2. The Labute approximate surface area is 143 Å². The van der Waals surface area contributed by atoms with Crippen LogP contribution in [0.25, 0.3) is 0 Å². The van der Waals surface area contributed by atoms with E-state index in [0.29, 0.717) is 17.8 Å². The molecule has 0 saturated heterocycles. The summed E-state index contributed by atoms with van der Waals surface area (Å²) in [6.45, 7) is 2.34. The second kappa shape index (κ2) is 6.66. The highest BCUT2D eigenvalue weighted by atomic mass is 16.4. The van der Waals surface area contributed by atoms with E-state index in [1.54, 1.807) is 0 Å². The summed E-state index contributed by atoms with van der Waals surface area (Å²) in [5.41, 5.74) is 0.188. The molecule has 136 valence electrons. The second-order valence-electron chi connectivity index (χ2n) is 8.68. The van der Waals surface area contributed by atoms with Gasteiger partial charge in [-0.1, -0.05) is 6.92 Å². The Morgan fingerprint density at radius 3 is 2.38 bits per heavy atom. The van der Waals surface area contributed by atoms with Crippen LogP contribution in [-0.4, -0.2) is 33.4 Å². The van der Waals surface area contributed by atoms with E-state index in [1.165, 1.54) is 0 Å². The van der Waals surface area contributed by atoms with E-state index in [1.807, 2.05) is 0 Å². The van der Waals surface area contributed by atoms with Crippen molar-refractivity contribution in [3.8, 4) is 0 Å². The first-order valence-corrected chi connectivity index (χ1v) is 9.43. The Bertz CT molecular complexity index is 504. The predicted octanol–water partition coefficient (Wildman–Crippen LogP) is 3.16. The van der Waals surface area contributed by atoms with Gasteiger partial charge in [0.25, 0.3) is 0 Å². The molecule has 5 nitrogen and oxygen atoms in total. The van der Waals surface area contributed by atoms with Crippen molar-refractivity contribution < 1.29 is 24.9 Å². The number of aliphatic hydroxyl groups is 1. The van der Waals surface area contributed by atoms with Gasteiger partial charge >= 0.3 is 11.9 Å². The number of aliphatic hydroxyl groups excluding tert-OH is 1. The van der Waals surface area contributed by atoms with E-state index in [0.717, 1.165) is 44.9 Å². The van der Waals surface area contributed by atoms with Gasteiger partial charge in [0.05, 0.1) is 6.10 Å². The minimum Gasteiger partial charge on any atom is -0.481 e. The fourth-order valence-corrected chi connectivity index (χ4v) is 6.43. The summed E-state index contributed by atoms with van der Waals surface area (Å²) in [7, 11) is 0. The highest BCUT2D eigenvalue weighted by Crippen LogP contribution is 2.61. The SMILES string of the molecule is C[C@@]12CC[C@H](O)C[C@H]1CC[C@@H]1[C@@H](CC(=O)O)[C@H](CC(=O)O)CC[C@H]12. The molecule has 24 heavy (non-hydrogen) atoms. The Morgan fingerprint density at radius 2 is 1.71 bits per heavy atom. The predicted molar refractivity (Wildman–Crippen MR) is 88.4 cm³/mol. The minimum atomic E-state index is -0.811. The number of carboxylic acids is 2. The van der Waals surface area contributed by atoms with Crippen LogP contribution in [0.3, 0.4) is 0 Å². The highest BCUT2D eigenvalue weighted by molar-refractivity contribution is 5.69. The average Bonchev–Trinajstić information content (AvgIpc) is 2.49. The van der Waals surface area contributed by atoms with E-state index >= 15 is 0 Å². The van der Waals surface area contributed by atoms with E-state index in [2.05, 4.69) is 6.92 Å². The van der Waals surface area contributed by atoms with Crippen LogP contribution >= 0.6 is 0 Å². The second-order valence-corrected chi connectivity index (χ2v) is 8.68. The van der Waals surface area contributed by atoms with Crippen molar-refractivity contribution in [1.82, 2.24) is 0 Å². The summed E-state index contributed by atoms with van der Waals surface area (Å²) < 4.78 is 0. The summed E-state index contributed by atoms with van der Waals surface area (Å²) in [5, 5.41) is 28.6. The van der Waals surface area contributed by atoms with Crippen LogP contribution in [-0.2, 0) is 9.59 Å². The first-order valence-electron chi connectivity index (χ1n) is 9.43. The molecular formula is C19H30O5. The Hall–Kier alpha value is -1.10. The van der Waals surface area contributed by atoms with Crippen LogP contribution in [0.2, 0.25) is 0 Å². The number of aliphatic carboxylic acids is 2. The minimum absolute atomic E-state index is 0.00539. The summed E-state index contributed by atoms with van der Waals surface area (Å²) >= 11 is 0. The molecule has 0 aromatic carbocycles. The molecule has 0 aromatic heterocycles. The van der Waals surface area contributed by atoms with Crippen LogP contribution < -0.4 is 0 Å². The van der Waals surface area contributed by atoms with E-state index < -0.39 is 11.9 Å². The first kappa shape index (κ1) is 17.7. The van der Waals surface area contributed by atoms with Crippen LogP contribution in [0, 0.1) is 35.0 Å². The normalized spacial score (nSPS) is 45.1. The van der Waals surface area contributed by atoms with Gasteiger partial charge < -0.3 is 15.3 Å². The van der Waals surface area contributed by atoms with Gasteiger partial charge in [0.15, 0.2) is 0 Å². The molecule has 0 bridgehead atoms. The molecule has 3 N–H and O–H groups in total. The number of fused-ring (bicyclic) bond motifs is 3. The van der Waals surface area contributed by atoms with Crippen molar-refractivity contribution in [3.05, 3.63) is 0 Å². The fraction of sp³-hybridized carbons (Fsp3) is 0.895. The number of rotatable bonds is 4. The molecule has 3 aliphatic rings. The van der Waals surface area contributed by atoms with Crippen molar-refractivity contribution in [2.75, 3.05) is 0 Å². The maximum Gasteiger partial charge on any atom is 0.303 e. The van der Waals surface area contributed by atoms with Gasteiger partial charge in [-0.2, -0.15) is 0 Å². The van der Waals surface area contributed by atoms with E-state index in [9.17, 15) is 24.9 Å². The maximum absolute atomic E-state index is 11.4. The first-order chi connectivity index (χ1) is 11.3. The van der Waals surface area contributed by atoms with Crippen molar-refractivity contribution in [1.29, 1.82) is 0 Å². The number of hydrogen-bond acceptors (Lipinski definition) is 3. The van der Waals surface area contributed by atoms with Crippen molar-refractivity contribution >= 4 is 11.9 Å². The van der Waals surface area contributed by atoms with Crippen LogP contribution in [0.4, 0.5) is 0 Å². The molecular weight excluding hydrogens is 308 g/mol. The summed E-state index contributed by atoms with van der Waals surface area (Å²) in [6, 6.07) is 0. The van der Waals surface area contributed by atoms with Crippen LogP contribution in [0.1, 0.15) is 64.7 Å². The molecule has 0 aliphatic heterocycles. The zero-order valence-electron chi connectivity index (χ0n) is 14.5.